The van der Waals surface area contributed by atoms with Crippen LogP contribution in [0.5, 0.6) is 0 Å². The molecule has 0 saturated carbocycles. The Labute approximate surface area is 430 Å². The molecule has 2 nitrogen and oxygen atoms in total. The predicted molar refractivity (Wildman–Crippen MR) is 315 cm³/mol. The number of hydrogen-bond acceptors (Lipinski definition) is 1. The van der Waals surface area contributed by atoms with Gasteiger partial charge in [-0.2, -0.15) is 0 Å². The fourth-order valence-electron chi connectivity index (χ4n) is 11.6. The Bertz CT molecular complexity index is 4400. The molecule has 2 heteroatoms. The molecule has 0 fully saturated rings. The van der Waals surface area contributed by atoms with Crippen molar-refractivity contribution in [3.8, 4) is 61.3 Å². The molecular formula is C72H48N2. The average Bonchev–Trinajstić information content (AvgIpc) is 3.83. The molecule has 14 rings (SSSR count). The Morgan fingerprint density at radius 2 is 0.730 bits per heavy atom. The highest BCUT2D eigenvalue weighted by molar-refractivity contribution is 6.22. The summed E-state index contributed by atoms with van der Waals surface area (Å²) < 4.78 is 2.40. The lowest BCUT2D eigenvalue weighted by Crippen LogP contribution is -2.10. The van der Waals surface area contributed by atoms with Crippen molar-refractivity contribution in [2.45, 2.75) is 0 Å². The minimum absolute atomic E-state index is 1.07. The Balaban J connectivity index is 0.934. The van der Waals surface area contributed by atoms with Gasteiger partial charge in [-0.3, -0.25) is 0 Å². The van der Waals surface area contributed by atoms with Crippen molar-refractivity contribution in [3.05, 3.63) is 291 Å². The molecule has 0 aliphatic rings. The van der Waals surface area contributed by atoms with Gasteiger partial charge in [0, 0.05) is 33.5 Å². The quantitative estimate of drug-likeness (QED) is 0.131. The summed E-state index contributed by atoms with van der Waals surface area (Å²) in [6.45, 7) is 0. The van der Waals surface area contributed by atoms with Crippen LogP contribution < -0.4 is 4.90 Å². The zero-order chi connectivity index (χ0) is 49.0. The minimum Gasteiger partial charge on any atom is -0.310 e. The molecule has 0 N–H and O–H groups in total. The fourth-order valence-corrected chi connectivity index (χ4v) is 11.6. The van der Waals surface area contributed by atoms with Crippen molar-refractivity contribution in [2.24, 2.45) is 0 Å². The van der Waals surface area contributed by atoms with Crippen LogP contribution in [0.25, 0.3) is 115 Å². The third-order valence-corrected chi connectivity index (χ3v) is 14.9. The van der Waals surface area contributed by atoms with Crippen LogP contribution in [-0.2, 0) is 0 Å². The number of aromatic nitrogens is 1. The van der Waals surface area contributed by atoms with Gasteiger partial charge in [-0.05, 0) is 155 Å². The summed E-state index contributed by atoms with van der Waals surface area (Å²) in [5.41, 5.74) is 18.7. The molecule has 0 saturated heterocycles. The molecule has 1 aromatic heterocycles. The fraction of sp³-hybridized carbons (Fsp3) is 0. The predicted octanol–water partition coefficient (Wildman–Crippen LogP) is 20.0. The van der Waals surface area contributed by atoms with Gasteiger partial charge < -0.3 is 9.47 Å². The molecule has 0 spiro atoms. The van der Waals surface area contributed by atoms with Crippen molar-refractivity contribution < 1.29 is 0 Å². The molecule has 13 aromatic carbocycles. The number of para-hydroxylation sites is 2. The van der Waals surface area contributed by atoms with Crippen LogP contribution >= 0.6 is 0 Å². The second-order valence-corrected chi connectivity index (χ2v) is 19.2. The number of nitrogens with zero attached hydrogens (tertiary/aromatic N) is 2. The van der Waals surface area contributed by atoms with Gasteiger partial charge in [0.05, 0.1) is 11.0 Å². The van der Waals surface area contributed by atoms with Gasteiger partial charge in [-0.1, -0.05) is 224 Å². The van der Waals surface area contributed by atoms with Crippen molar-refractivity contribution >= 4 is 71.2 Å². The lowest BCUT2D eigenvalue weighted by Gasteiger charge is -2.27. The van der Waals surface area contributed by atoms with Crippen LogP contribution in [0.3, 0.4) is 0 Å². The second-order valence-electron chi connectivity index (χ2n) is 19.2. The normalized spacial score (nSPS) is 11.5. The van der Waals surface area contributed by atoms with Crippen LogP contribution in [0.4, 0.5) is 17.1 Å². The van der Waals surface area contributed by atoms with Gasteiger partial charge in [0.25, 0.3) is 0 Å². The van der Waals surface area contributed by atoms with E-state index in [0.29, 0.717) is 0 Å². The highest BCUT2D eigenvalue weighted by atomic mass is 15.1. The lowest BCUT2D eigenvalue weighted by molar-refractivity contribution is 1.18. The van der Waals surface area contributed by atoms with E-state index >= 15 is 0 Å². The smallest absolute Gasteiger partial charge is 0.0547 e. The third kappa shape index (κ3) is 7.35. The largest absolute Gasteiger partial charge is 0.310 e. The Morgan fingerprint density at radius 1 is 0.243 bits per heavy atom. The molecule has 0 aliphatic heterocycles. The monoisotopic (exact) mass is 940 g/mol. The Hall–Kier alpha value is -9.76. The molecule has 346 valence electrons. The first-order valence-electron chi connectivity index (χ1n) is 25.5. The van der Waals surface area contributed by atoms with Gasteiger partial charge >= 0.3 is 0 Å². The van der Waals surface area contributed by atoms with Crippen LogP contribution in [0.15, 0.2) is 291 Å². The van der Waals surface area contributed by atoms with Gasteiger partial charge in [0.2, 0.25) is 0 Å². The van der Waals surface area contributed by atoms with E-state index in [0.717, 1.165) is 33.9 Å². The van der Waals surface area contributed by atoms with Gasteiger partial charge in [0.15, 0.2) is 0 Å². The van der Waals surface area contributed by atoms with Crippen LogP contribution in [0.1, 0.15) is 0 Å². The van der Waals surface area contributed by atoms with E-state index in [1.165, 1.54) is 98.6 Å². The molecule has 0 amide bonds. The zero-order valence-corrected chi connectivity index (χ0v) is 40.6. The summed E-state index contributed by atoms with van der Waals surface area (Å²) in [5.74, 6) is 0. The topological polar surface area (TPSA) is 8.17 Å². The van der Waals surface area contributed by atoms with Crippen LogP contribution in [0.2, 0.25) is 0 Å². The second kappa shape index (κ2) is 18.1. The third-order valence-electron chi connectivity index (χ3n) is 14.9. The molecule has 1 heterocycles. The maximum Gasteiger partial charge on any atom is 0.0547 e. The minimum atomic E-state index is 1.07. The Morgan fingerprint density at radius 3 is 1.45 bits per heavy atom. The summed E-state index contributed by atoms with van der Waals surface area (Å²) in [5, 5.41) is 9.94. The summed E-state index contributed by atoms with van der Waals surface area (Å²) >= 11 is 0. The van der Waals surface area contributed by atoms with Crippen molar-refractivity contribution in [1.29, 1.82) is 0 Å². The molecule has 0 radical (unpaired) electrons. The highest BCUT2D eigenvalue weighted by Gasteiger charge is 2.21. The number of fused-ring (bicyclic) bond motifs is 7. The molecule has 0 unspecified atom stereocenters. The van der Waals surface area contributed by atoms with Gasteiger partial charge in [-0.15, -0.1) is 0 Å². The maximum atomic E-state index is 2.42. The van der Waals surface area contributed by atoms with Gasteiger partial charge in [0.1, 0.15) is 0 Å². The molecule has 0 aliphatic carbocycles. The number of hydrogen-bond donors (Lipinski definition) is 0. The van der Waals surface area contributed by atoms with Crippen molar-refractivity contribution in [3.63, 3.8) is 0 Å². The summed E-state index contributed by atoms with van der Waals surface area (Å²) in [7, 11) is 0. The Kier molecular flexibility index (Phi) is 10.6. The number of anilines is 3. The lowest BCUT2D eigenvalue weighted by atomic mass is 9.84. The maximum absolute atomic E-state index is 2.42. The summed E-state index contributed by atoms with van der Waals surface area (Å²) in [6.07, 6.45) is 0. The number of benzene rings is 13. The summed E-state index contributed by atoms with van der Waals surface area (Å²) in [4.78, 5) is 2.42. The first kappa shape index (κ1) is 43.1. The summed E-state index contributed by atoms with van der Waals surface area (Å²) in [6, 6.07) is 107. The van der Waals surface area contributed by atoms with E-state index in [2.05, 4.69) is 301 Å². The average molecular weight is 941 g/mol. The molecular weight excluding hydrogens is 893 g/mol. The van der Waals surface area contributed by atoms with Gasteiger partial charge in [-0.25, -0.2) is 0 Å². The molecule has 0 bridgehead atoms. The highest BCUT2D eigenvalue weighted by Crippen LogP contribution is 2.47. The molecule has 0 atom stereocenters. The van der Waals surface area contributed by atoms with Crippen molar-refractivity contribution in [1.82, 2.24) is 4.57 Å². The zero-order valence-electron chi connectivity index (χ0n) is 40.6. The van der Waals surface area contributed by atoms with E-state index in [-0.39, 0.29) is 0 Å². The number of rotatable bonds is 9. The van der Waals surface area contributed by atoms with E-state index in [1.807, 2.05) is 0 Å². The van der Waals surface area contributed by atoms with E-state index in [1.54, 1.807) is 0 Å². The molecule has 74 heavy (non-hydrogen) atoms. The van der Waals surface area contributed by atoms with E-state index in [4.69, 9.17) is 0 Å². The molecule has 14 aromatic rings. The van der Waals surface area contributed by atoms with E-state index in [9.17, 15) is 0 Å². The first-order valence-corrected chi connectivity index (χ1v) is 25.5. The SMILES string of the molecule is c1ccc(-c2c(-c3ccccc3)c3cc(-c4ccc(N(c5cccc(-c6cccc7ccccc67)c5)c5cccc(-c6cccc7c6c6ccccc6n7-c6ccccc6)c5)cc4)ccc3c3ccccc23)cc1. The standard InChI is InChI=1S/C72H48N2/c1-4-21-51(22-5-1)70-65-34-13-12-33-63(65)64-45-42-53(48-67(64)71(70)52-23-6-2-7-24-52)49-40-43-57(44-41-49)73(58-30-16-26-54(46-58)61-36-18-25-50-20-10-11-32-60(50)61)59-31-17-27-55(47-59)62-37-19-39-69-72(62)66-35-14-15-38-68(66)74(69)56-28-8-3-9-29-56/h1-48H. The first-order chi connectivity index (χ1) is 36.7. The van der Waals surface area contributed by atoms with Crippen molar-refractivity contribution in [2.75, 3.05) is 4.90 Å². The van der Waals surface area contributed by atoms with Crippen LogP contribution in [0, 0.1) is 0 Å². The van der Waals surface area contributed by atoms with Crippen LogP contribution in [-0.4, -0.2) is 4.57 Å². The van der Waals surface area contributed by atoms with E-state index < -0.39 is 0 Å².